The number of terminal acetylenes is 1. The van der Waals surface area contributed by atoms with Gasteiger partial charge in [0.15, 0.2) is 5.96 Å². The van der Waals surface area contributed by atoms with E-state index in [0.717, 1.165) is 12.5 Å². The molecule has 0 radical (unpaired) electrons. The second-order valence-electron chi connectivity index (χ2n) is 5.32. The van der Waals surface area contributed by atoms with Crippen LogP contribution in [0.3, 0.4) is 0 Å². The molecule has 0 saturated carbocycles. The Labute approximate surface area is 142 Å². The topological polar surface area (TPSA) is 91.0 Å². The zero-order chi connectivity index (χ0) is 17.4. The summed E-state index contributed by atoms with van der Waals surface area (Å²) in [6.07, 6.45) is 7.21. The van der Waals surface area contributed by atoms with E-state index in [1.165, 1.54) is 10.6 Å². The normalized spacial score (nSPS) is 16.8. The maximum atomic E-state index is 12.4. The van der Waals surface area contributed by atoms with Gasteiger partial charge in [-0.15, -0.1) is 12.3 Å². The van der Waals surface area contributed by atoms with Gasteiger partial charge >= 0.3 is 0 Å². The molecular weight excluding hydrogens is 330 g/mol. The minimum absolute atomic E-state index is 0.139. The van der Waals surface area contributed by atoms with Gasteiger partial charge < -0.3 is 14.7 Å². The van der Waals surface area contributed by atoms with Gasteiger partial charge in [0, 0.05) is 45.2 Å². The maximum Gasteiger partial charge on any atom is 0.220 e. The molecule has 0 unspecified atom stereocenters. The standard InChI is InChI=1S/C15H23N5O3S/c1-3-5-7-17-15(16-4-2)19-8-10-20(11-9-19)24(21,22)13-14-6-12-23-18-14/h1,6,12H,4-5,7-11,13H2,2H3,(H,16,17). The average Bonchev–Trinajstić information content (AvgIpc) is 3.06. The number of hydrogen-bond donors (Lipinski definition) is 1. The Hall–Kier alpha value is -2.05. The molecule has 0 aromatic carbocycles. The predicted octanol–water partition coefficient (Wildman–Crippen LogP) is 0.111. The van der Waals surface area contributed by atoms with E-state index in [1.807, 2.05) is 6.92 Å². The number of piperazine rings is 1. The van der Waals surface area contributed by atoms with Gasteiger partial charge in [-0.1, -0.05) is 5.16 Å². The fraction of sp³-hybridized carbons (Fsp3) is 0.600. The molecule has 1 N–H and O–H groups in total. The Bertz CT molecular complexity index is 670. The third-order valence-electron chi connectivity index (χ3n) is 3.61. The van der Waals surface area contributed by atoms with Crippen LogP contribution in [0.4, 0.5) is 0 Å². The molecule has 1 saturated heterocycles. The van der Waals surface area contributed by atoms with Crippen molar-refractivity contribution < 1.29 is 12.9 Å². The summed E-state index contributed by atoms with van der Waals surface area (Å²) in [7, 11) is -3.39. The van der Waals surface area contributed by atoms with Crippen molar-refractivity contribution in [3.05, 3.63) is 18.0 Å². The first-order chi connectivity index (χ1) is 11.6. The van der Waals surface area contributed by atoms with Crippen molar-refractivity contribution in [3.63, 3.8) is 0 Å². The van der Waals surface area contributed by atoms with E-state index < -0.39 is 10.0 Å². The van der Waals surface area contributed by atoms with Crippen molar-refractivity contribution in [3.8, 4) is 12.3 Å². The average molecular weight is 353 g/mol. The molecule has 8 nitrogen and oxygen atoms in total. The SMILES string of the molecule is C#CCCN=C(NCC)N1CCN(S(=O)(=O)Cc2ccon2)CC1. The van der Waals surface area contributed by atoms with Crippen LogP contribution in [-0.2, 0) is 15.8 Å². The zero-order valence-corrected chi connectivity index (χ0v) is 14.6. The monoisotopic (exact) mass is 353 g/mol. The first-order valence-corrected chi connectivity index (χ1v) is 9.51. The third kappa shape index (κ3) is 4.97. The number of sulfonamides is 1. The number of rotatable bonds is 6. The lowest BCUT2D eigenvalue weighted by molar-refractivity contribution is 0.260. The highest BCUT2D eigenvalue weighted by molar-refractivity contribution is 7.88. The highest BCUT2D eigenvalue weighted by Crippen LogP contribution is 2.12. The summed E-state index contributed by atoms with van der Waals surface area (Å²) in [5.74, 6) is 3.20. The number of aromatic nitrogens is 1. The van der Waals surface area contributed by atoms with Gasteiger partial charge in [0.25, 0.3) is 0 Å². The lowest BCUT2D eigenvalue weighted by Gasteiger charge is -2.35. The molecule has 2 heterocycles. The van der Waals surface area contributed by atoms with Gasteiger partial charge in [0.05, 0.1) is 12.2 Å². The molecule has 9 heteroatoms. The molecule has 0 atom stereocenters. The van der Waals surface area contributed by atoms with Crippen molar-refractivity contribution in [2.75, 3.05) is 39.3 Å². The molecule has 1 fully saturated rings. The molecule has 0 amide bonds. The number of nitrogens with one attached hydrogen (secondary N) is 1. The lowest BCUT2D eigenvalue weighted by Crippen LogP contribution is -2.53. The largest absolute Gasteiger partial charge is 0.364 e. The van der Waals surface area contributed by atoms with Crippen molar-refractivity contribution >= 4 is 16.0 Å². The van der Waals surface area contributed by atoms with Crippen molar-refractivity contribution in [1.29, 1.82) is 0 Å². The van der Waals surface area contributed by atoms with E-state index >= 15 is 0 Å². The van der Waals surface area contributed by atoms with Crippen molar-refractivity contribution in [2.45, 2.75) is 19.1 Å². The molecule has 1 aliphatic rings. The maximum absolute atomic E-state index is 12.4. The second-order valence-corrected chi connectivity index (χ2v) is 7.29. The van der Waals surface area contributed by atoms with Crippen LogP contribution >= 0.6 is 0 Å². The van der Waals surface area contributed by atoms with Crippen LogP contribution in [-0.4, -0.2) is 68.0 Å². The molecule has 24 heavy (non-hydrogen) atoms. The molecule has 0 aliphatic carbocycles. The van der Waals surface area contributed by atoms with Gasteiger partial charge in [-0.2, -0.15) is 4.31 Å². The first-order valence-electron chi connectivity index (χ1n) is 7.90. The smallest absolute Gasteiger partial charge is 0.220 e. The summed E-state index contributed by atoms with van der Waals surface area (Å²) in [6, 6.07) is 1.56. The Kier molecular flexibility index (Phi) is 6.63. The molecule has 2 rings (SSSR count). The van der Waals surface area contributed by atoms with E-state index in [0.29, 0.717) is 44.8 Å². The highest BCUT2D eigenvalue weighted by atomic mass is 32.2. The van der Waals surface area contributed by atoms with Crippen LogP contribution in [0.2, 0.25) is 0 Å². The fourth-order valence-electron chi connectivity index (χ4n) is 2.42. The number of aliphatic imine (C=N–C) groups is 1. The number of hydrogen-bond acceptors (Lipinski definition) is 5. The molecule has 1 aliphatic heterocycles. The zero-order valence-electron chi connectivity index (χ0n) is 13.8. The van der Waals surface area contributed by atoms with Gasteiger partial charge in [0.2, 0.25) is 10.0 Å². The van der Waals surface area contributed by atoms with Crippen LogP contribution in [0.15, 0.2) is 21.8 Å². The molecular formula is C15H23N5O3S. The minimum Gasteiger partial charge on any atom is -0.364 e. The van der Waals surface area contributed by atoms with Crippen LogP contribution < -0.4 is 5.32 Å². The van der Waals surface area contributed by atoms with E-state index in [1.54, 1.807) is 6.07 Å². The third-order valence-corrected chi connectivity index (χ3v) is 5.42. The van der Waals surface area contributed by atoms with Gasteiger partial charge in [-0.25, -0.2) is 8.42 Å². The summed E-state index contributed by atoms with van der Waals surface area (Å²) in [5, 5.41) is 6.89. The molecule has 0 bridgehead atoms. The lowest BCUT2D eigenvalue weighted by atomic mass is 10.4. The van der Waals surface area contributed by atoms with E-state index in [-0.39, 0.29) is 5.75 Å². The van der Waals surface area contributed by atoms with E-state index in [9.17, 15) is 8.42 Å². The Morgan fingerprint density at radius 3 is 2.79 bits per heavy atom. The summed E-state index contributed by atoms with van der Waals surface area (Å²) in [4.78, 5) is 6.53. The fourth-order valence-corrected chi connectivity index (χ4v) is 3.85. The predicted molar refractivity (Wildman–Crippen MR) is 91.7 cm³/mol. The summed E-state index contributed by atoms with van der Waals surface area (Å²) >= 11 is 0. The van der Waals surface area contributed by atoms with E-state index in [4.69, 9.17) is 10.9 Å². The molecule has 1 aromatic heterocycles. The molecule has 132 valence electrons. The van der Waals surface area contributed by atoms with Gasteiger partial charge in [-0.3, -0.25) is 4.99 Å². The van der Waals surface area contributed by atoms with Gasteiger partial charge in [0.1, 0.15) is 12.0 Å². The summed E-state index contributed by atoms with van der Waals surface area (Å²) in [6.45, 7) is 5.30. The first kappa shape index (κ1) is 18.3. The van der Waals surface area contributed by atoms with Crippen molar-refractivity contribution in [2.24, 2.45) is 4.99 Å². The second kappa shape index (κ2) is 8.70. The Morgan fingerprint density at radius 2 is 2.21 bits per heavy atom. The molecule has 1 aromatic rings. The van der Waals surface area contributed by atoms with Crippen LogP contribution in [0.25, 0.3) is 0 Å². The van der Waals surface area contributed by atoms with E-state index in [2.05, 4.69) is 26.3 Å². The summed E-state index contributed by atoms with van der Waals surface area (Å²) in [5.41, 5.74) is 0.418. The molecule has 0 spiro atoms. The number of nitrogens with zero attached hydrogens (tertiary/aromatic N) is 4. The number of guanidine groups is 1. The Balaban J connectivity index is 1.94. The highest BCUT2D eigenvalue weighted by Gasteiger charge is 2.28. The quantitative estimate of drug-likeness (QED) is 0.338. The Morgan fingerprint density at radius 1 is 1.46 bits per heavy atom. The van der Waals surface area contributed by atoms with Gasteiger partial charge in [-0.05, 0) is 6.92 Å². The van der Waals surface area contributed by atoms with Crippen LogP contribution in [0.5, 0.6) is 0 Å². The van der Waals surface area contributed by atoms with Crippen LogP contribution in [0.1, 0.15) is 19.0 Å². The van der Waals surface area contributed by atoms with Crippen LogP contribution in [0, 0.1) is 12.3 Å². The van der Waals surface area contributed by atoms with Crippen molar-refractivity contribution in [1.82, 2.24) is 19.7 Å². The summed E-state index contributed by atoms with van der Waals surface area (Å²) < 4.78 is 31.0. The minimum atomic E-state index is -3.39.